The van der Waals surface area contributed by atoms with Crippen LogP contribution < -0.4 is 33.2 Å². The van der Waals surface area contributed by atoms with Crippen LogP contribution in [0.4, 0.5) is 0 Å². The highest BCUT2D eigenvalue weighted by Gasteiger charge is 2.37. The van der Waals surface area contributed by atoms with Gasteiger partial charge in [0.25, 0.3) is 0 Å². The predicted molar refractivity (Wildman–Crippen MR) is 130 cm³/mol. The van der Waals surface area contributed by atoms with Crippen LogP contribution in [-0.2, 0) is 28.8 Å². The van der Waals surface area contributed by atoms with E-state index in [9.17, 15) is 28.8 Å². The second-order valence-electron chi connectivity index (χ2n) is 8.96. The molecule has 0 saturated carbocycles. The summed E-state index contributed by atoms with van der Waals surface area (Å²) < 4.78 is 0. The molecule has 0 bridgehead atoms. The van der Waals surface area contributed by atoms with Gasteiger partial charge in [-0.25, -0.2) is 4.79 Å². The molecule has 0 aromatic carbocycles. The molecule has 1 fully saturated rings. The fraction of sp³-hybridized carbons (Fsp3) is 0.727. The van der Waals surface area contributed by atoms with Gasteiger partial charge in [-0.2, -0.15) is 0 Å². The molecule has 1 aliphatic heterocycles. The van der Waals surface area contributed by atoms with E-state index in [0.29, 0.717) is 38.8 Å². The monoisotopic (exact) mass is 529 g/mol. The lowest BCUT2D eigenvalue weighted by Gasteiger charge is -2.28. The van der Waals surface area contributed by atoms with E-state index >= 15 is 0 Å². The van der Waals surface area contributed by atoms with Crippen molar-refractivity contribution in [2.24, 2.45) is 17.2 Å². The zero-order valence-electron chi connectivity index (χ0n) is 21.0. The molecule has 0 aromatic heterocycles. The molecular weight excluding hydrogens is 490 g/mol. The lowest BCUT2D eigenvalue weighted by molar-refractivity contribution is -0.143. The van der Waals surface area contributed by atoms with Gasteiger partial charge in [-0.3, -0.25) is 24.0 Å². The van der Waals surface area contributed by atoms with E-state index in [4.69, 9.17) is 27.4 Å². The maximum Gasteiger partial charge on any atom is 0.328 e. The predicted octanol–water partition coefficient (Wildman–Crippen LogP) is -3.75. The van der Waals surface area contributed by atoms with E-state index < -0.39 is 72.3 Å². The van der Waals surface area contributed by atoms with Gasteiger partial charge < -0.3 is 48.3 Å². The summed E-state index contributed by atoms with van der Waals surface area (Å²) in [7, 11) is 0. The fourth-order valence-corrected chi connectivity index (χ4v) is 3.83. The zero-order chi connectivity index (χ0) is 28.1. The molecule has 1 rings (SSSR count). The highest BCUT2D eigenvalue weighted by Crippen LogP contribution is 2.19. The molecule has 0 aromatic rings. The minimum Gasteiger partial charge on any atom is -0.480 e. The third kappa shape index (κ3) is 10.3. The summed E-state index contributed by atoms with van der Waals surface area (Å²) in [6, 6.07) is -5.61. The number of carbonyl (C=O) groups excluding carboxylic acids is 5. The molecule has 210 valence electrons. The van der Waals surface area contributed by atoms with Crippen molar-refractivity contribution in [2.45, 2.75) is 82.1 Å². The van der Waals surface area contributed by atoms with Gasteiger partial charge >= 0.3 is 5.97 Å². The molecule has 11 N–H and O–H groups in total. The minimum absolute atomic E-state index is 0.0461. The number of primary amides is 1. The summed E-state index contributed by atoms with van der Waals surface area (Å²) in [5, 5.41) is 25.4. The van der Waals surface area contributed by atoms with Crippen molar-refractivity contribution < 1.29 is 39.0 Å². The SMILES string of the molecule is C[C@H](NC(=O)[C@@H]1CCCN1C(=O)[C@@H](N)CCC(N)=O)C(=O)N[C@@H](CCCCN)C(=O)N[C@@H](CO)C(=O)O. The topological polar surface area (TPSA) is 260 Å². The summed E-state index contributed by atoms with van der Waals surface area (Å²) >= 11 is 0. The van der Waals surface area contributed by atoms with Crippen LogP contribution >= 0.6 is 0 Å². The highest BCUT2D eigenvalue weighted by atomic mass is 16.4. The van der Waals surface area contributed by atoms with Crippen LogP contribution in [0.2, 0.25) is 0 Å². The first-order chi connectivity index (χ1) is 17.4. The van der Waals surface area contributed by atoms with Crippen molar-refractivity contribution in [3.63, 3.8) is 0 Å². The van der Waals surface area contributed by atoms with Crippen LogP contribution in [0, 0.1) is 0 Å². The number of hydrogen-bond acceptors (Lipinski definition) is 9. The first-order valence-electron chi connectivity index (χ1n) is 12.2. The number of carboxylic acid groups (broad SMARTS) is 1. The smallest absolute Gasteiger partial charge is 0.328 e. The Morgan fingerprint density at radius 1 is 1.00 bits per heavy atom. The second-order valence-corrected chi connectivity index (χ2v) is 8.96. The molecule has 0 unspecified atom stereocenters. The molecular formula is C22H39N7O8. The van der Waals surface area contributed by atoms with Crippen LogP contribution in [0.1, 0.15) is 51.9 Å². The first kappa shape index (κ1) is 31.7. The molecule has 0 spiro atoms. The number of amides is 5. The summed E-state index contributed by atoms with van der Waals surface area (Å²) in [6.45, 7) is 1.21. The van der Waals surface area contributed by atoms with E-state index in [0.717, 1.165) is 0 Å². The Morgan fingerprint density at radius 3 is 2.22 bits per heavy atom. The normalized spacial score (nSPS) is 18.3. The number of likely N-dealkylation sites (tertiary alicyclic amines) is 1. The van der Waals surface area contributed by atoms with Crippen molar-refractivity contribution in [3.05, 3.63) is 0 Å². The number of carboxylic acids is 1. The number of hydrogen-bond donors (Lipinski definition) is 8. The Bertz CT molecular complexity index is 840. The quantitative estimate of drug-likeness (QED) is 0.0905. The van der Waals surface area contributed by atoms with Crippen LogP contribution in [-0.4, -0.2) is 101 Å². The molecule has 37 heavy (non-hydrogen) atoms. The number of nitrogens with zero attached hydrogens (tertiary/aromatic N) is 1. The van der Waals surface area contributed by atoms with Gasteiger partial charge in [-0.1, -0.05) is 0 Å². The van der Waals surface area contributed by atoms with Gasteiger partial charge in [-0.15, -0.1) is 0 Å². The van der Waals surface area contributed by atoms with Crippen molar-refractivity contribution in [2.75, 3.05) is 19.7 Å². The maximum atomic E-state index is 12.9. The minimum atomic E-state index is -1.54. The van der Waals surface area contributed by atoms with Gasteiger partial charge in [0.1, 0.15) is 24.2 Å². The Morgan fingerprint density at radius 2 is 1.65 bits per heavy atom. The largest absolute Gasteiger partial charge is 0.480 e. The van der Waals surface area contributed by atoms with Gasteiger partial charge in [0, 0.05) is 13.0 Å². The average Bonchev–Trinajstić information content (AvgIpc) is 3.34. The third-order valence-corrected chi connectivity index (χ3v) is 5.99. The molecule has 1 aliphatic rings. The lowest BCUT2D eigenvalue weighted by atomic mass is 10.1. The lowest BCUT2D eigenvalue weighted by Crippen LogP contribution is -2.57. The number of nitrogens with one attached hydrogen (secondary N) is 3. The van der Waals surface area contributed by atoms with Crippen LogP contribution in [0.3, 0.4) is 0 Å². The van der Waals surface area contributed by atoms with Crippen LogP contribution in [0.25, 0.3) is 0 Å². The van der Waals surface area contributed by atoms with E-state index in [1.807, 2.05) is 0 Å². The van der Waals surface area contributed by atoms with Crippen LogP contribution in [0.5, 0.6) is 0 Å². The molecule has 1 saturated heterocycles. The standard InChI is InChI=1S/C22H39N7O8/c1-12(18(32)27-14(5-2-3-9-23)19(33)28-15(11-30)22(36)37)26-20(34)16-6-4-10-29(16)21(35)13(24)7-8-17(25)31/h12-16,30H,2-11,23-24H2,1H3,(H2,25,31)(H,26,34)(H,27,32)(H,28,33)(H,36,37)/t12-,13-,14-,15-,16-/m0/s1. The Balaban J connectivity index is 2.79. The highest BCUT2D eigenvalue weighted by molar-refractivity contribution is 5.95. The second kappa shape index (κ2) is 15.7. The van der Waals surface area contributed by atoms with Crippen molar-refractivity contribution in [3.8, 4) is 0 Å². The number of aliphatic hydroxyl groups is 1. The summed E-state index contributed by atoms with van der Waals surface area (Å²) in [4.78, 5) is 74.3. The molecule has 15 heteroatoms. The van der Waals surface area contributed by atoms with Crippen LogP contribution in [0.15, 0.2) is 0 Å². The third-order valence-electron chi connectivity index (χ3n) is 5.99. The molecule has 5 amide bonds. The molecule has 5 atom stereocenters. The van der Waals surface area contributed by atoms with E-state index in [1.165, 1.54) is 11.8 Å². The van der Waals surface area contributed by atoms with E-state index in [1.54, 1.807) is 0 Å². The summed E-state index contributed by atoms with van der Waals surface area (Å²) in [5.41, 5.74) is 16.4. The number of unbranched alkanes of at least 4 members (excludes halogenated alkanes) is 1. The van der Waals surface area contributed by atoms with E-state index in [2.05, 4.69) is 16.0 Å². The summed E-state index contributed by atoms with van der Waals surface area (Å²) in [6.07, 6.45) is 2.05. The fourth-order valence-electron chi connectivity index (χ4n) is 3.83. The zero-order valence-corrected chi connectivity index (χ0v) is 21.0. The van der Waals surface area contributed by atoms with Gasteiger partial charge in [0.2, 0.25) is 29.5 Å². The van der Waals surface area contributed by atoms with Gasteiger partial charge in [-0.05, 0) is 52.0 Å². The maximum absolute atomic E-state index is 12.9. The molecule has 1 heterocycles. The van der Waals surface area contributed by atoms with Gasteiger partial charge in [0.05, 0.1) is 12.6 Å². The molecule has 15 nitrogen and oxygen atoms in total. The first-order valence-corrected chi connectivity index (χ1v) is 12.2. The number of aliphatic hydroxyl groups excluding tert-OH is 1. The van der Waals surface area contributed by atoms with Crippen molar-refractivity contribution in [1.82, 2.24) is 20.9 Å². The number of rotatable bonds is 16. The Hall–Kier alpha value is -3.30. The van der Waals surface area contributed by atoms with Gasteiger partial charge in [0.15, 0.2) is 0 Å². The average molecular weight is 530 g/mol. The van der Waals surface area contributed by atoms with E-state index in [-0.39, 0.29) is 19.3 Å². The number of aliphatic carboxylic acids is 1. The number of nitrogens with two attached hydrogens (primary N) is 3. The summed E-state index contributed by atoms with van der Waals surface area (Å²) in [5.74, 6) is -4.61. The Labute approximate surface area is 214 Å². The molecule has 0 radical (unpaired) electrons. The Kier molecular flexibility index (Phi) is 13.5. The van der Waals surface area contributed by atoms with Crippen molar-refractivity contribution in [1.29, 1.82) is 0 Å². The van der Waals surface area contributed by atoms with Crippen molar-refractivity contribution >= 4 is 35.5 Å². The molecule has 0 aliphatic carbocycles. The number of carbonyl (C=O) groups is 6.